The largest absolute Gasteiger partial charge is 0.502 e. The molecule has 5 nitrogen and oxygen atoms in total. The highest BCUT2D eigenvalue weighted by molar-refractivity contribution is 5.69. The smallest absolute Gasteiger partial charge is 0.306 e. The minimum atomic E-state index is -0.159. The van der Waals surface area contributed by atoms with Crippen LogP contribution in [0.4, 0.5) is 0 Å². The zero-order valence-corrected chi connectivity index (χ0v) is 17.7. The molecule has 1 aromatic carbocycles. The number of unbranched alkanes of at least 4 members (excludes halogenated alkanes) is 8. The van der Waals surface area contributed by atoms with Crippen LogP contribution < -0.4 is 9.47 Å². The SMILES string of the molecule is CCCCCCCCCCCC(=O)OC/C=C/c1cc(OC)c(O)c(OC)c1. The van der Waals surface area contributed by atoms with Gasteiger partial charge in [-0.05, 0) is 30.2 Å². The molecule has 0 aromatic heterocycles. The molecule has 0 aliphatic carbocycles. The quantitative estimate of drug-likeness (QED) is 0.298. The monoisotopic (exact) mass is 392 g/mol. The Bertz CT molecular complexity index is 570. The molecular formula is C23H36O5. The minimum Gasteiger partial charge on any atom is -0.502 e. The molecule has 28 heavy (non-hydrogen) atoms. The van der Waals surface area contributed by atoms with Crippen molar-refractivity contribution in [2.75, 3.05) is 20.8 Å². The molecule has 0 heterocycles. The van der Waals surface area contributed by atoms with Crippen LogP contribution in [0.25, 0.3) is 6.08 Å². The van der Waals surface area contributed by atoms with Crippen molar-refractivity contribution in [1.29, 1.82) is 0 Å². The third-order valence-corrected chi connectivity index (χ3v) is 4.64. The van der Waals surface area contributed by atoms with Crippen LogP contribution in [0.1, 0.15) is 76.7 Å². The first-order chi connectivity index (χ1) is 13.6. The number of ether oxygens (including phenoxy) is 3. The number of rotatable bonds is 15. The van der Waals surface area contributed by atoms with Crippen LogP contribution in [-0.2, 0) is 9.53 Å². The summed E-state index contributed by atoms with van der Waals surface area (Å²) in [6.07, 6.45) is 15.1. The fraction of sp³-hybridized carbons (Fsp3) is 0.609. The molecule has 0 spiro atoms. The topological polar surface area (TPSA) is 65.0 Å². The van der Waals surface area contributed by atoms with E-state index in [-0.39, 0.29) is 18.3 Å². The zero-order valence-electron chi connectivity index (χ0n) is 17.7. The lowest BCUT2D eigenvalue weighted by atomic mass is 10.1. The van der Waals surface area contributed by atoms with Gasteiger partial charge in [0.25, 0.3) is 0 Å². The molecule has 5 heteroatoms. The number of carbonyl (C=O) groups excluding carboxylic acids is 1. The lowest BCUT2D eigenvalue weighted by Gasteiger charge is -2.09. The third kappa shape index (κ3) is 9.67. The molecule has 0 saturated carbocycles. The molecular weight excluding hydrogens is 356 g/mol. The number of aromatic hydroxyl groups is 1. The Morgan fingerprint density at radius 3 is 2.00 bits per heavy atom. The van der Waals surface area contributed by atoms with Crippen molar-refractivity contribution in [2.45, 2.75) is 71.1 Å². The van der Waals surface area contributed by atoms with Gasteiger partial charge in [-0.3, -0.25) is 4.79 Å². The lowest BCUT2D eigenvalue weighted by molar-refractivity contribution is -0.142. The maximum atomic E-state index is 11.8. The van der Waals surface area contributed by atoms with Crippen LogP contribution in [0.2, 0.25) is 0 Å². The molecule has 0 saturated heterocycles. The average molecular weight is 393 g/mol. The number of hydrogen-bond donors (Lipinski definition) is 1. The van der Waals surface area contributed by atoms with Crippen LogP contribution in [-0.4, -0.2) is 31.9 Å². The van der Waals surface area contributed by atoms with Gasteiger partial charge in [-0.15, -0.1) is 0 Å². The Labute approximate surface area is 169 Å². The third-order valence-electron chi connectivity index (χ3n) is 4.64. The number of benzene rings is 1. The summed E-state index contributed by atoms with van der Waals surface area (Å²) in [5, 5.41) is 9.90. The van der Waals surface area contributed by atoms with E-state index in [1.54, 1.807) is 24.3 Å². The molecule has 0 unspecified atom stereocenters. The summed E-state index contributed by atoms with van der Waals surface area (Å²) in [5.41, 5.74) is 0.793. The van der Waals surface area contributed by atoms with E-state index in [9.17, 15) is 9.90 Å². The molecule has 1 N–H and O–H groups in total. The summed E-state index contributed by atoms with van der Waals surface area (Å²) < 4.78 is 15.5. The van der Waals surface area contributed by atoms with E-state index in [2.05, 4.69) is 6.92 Å². The molecule has 1 rings (SSSR count). The fourth-order valence-corrected chi connectivity index (χ4v) is 2.99. The lowest BCUT2D eigenvalue weighted by Crippen LogP contribution is -2.04. The second kappa shape index (κ2) is 14.8. The van der Waals surface area contributed by atoms with Crippen LogP contribution in [0, 0.1) is 0 Å². The van der Waals surface area contributed by atoms with Crippen molar-refractivity contribution in [2.24, 2.45) is 0 Å². The van der Waals surface area contributed by atoms with Crippen molar-refractivity contribution in [3.63, 3.8) is 0 Å². The standard InChI is InChI=1S/C23H36O5/c1-4-5-6-7-8-9-10-11-12-15-22(24)28-16-13-14-19-17-20(26-2)23(25)21(18-19)27-3/h13-14,17-18,25H,4-12,15-16H2,1-3H3/b14-13+. The number of carbonyl (C=O) groups is 1. The van der Waals surface area contributed by atoms with Gasteiger partial charge in [-0.25, -0.2) is 0 Å². The van der Waals surface area contributed by atoms with Crippen LogP contribution in [0.5, 0.6) is 17.2 Å². The van der Waals surface area contributed by atoms with Crippen molar-refractivity contribution < 1.29 is 24.1 Å². The number of phenols is 1. The Balaban J connectivity index is 2.19. The van der Waals surface area contributed by atoms with Crippen LogP contribution in [0.15, 0.2) is 18.2 Å². The fourth-order valence-electron chi connectivity index (χ4n) is 2.99. The summed E-state index contributed by atoms with van der Waals surface area (Å²) >= 11 is 0. The predicted molar refractivity (Wildman–Crippen MR) is 113 cm³/mol. The van der Waals surface area contributed by atoms with Gasteiger partial charge in [0.1, 0.15) is 6.61 Å². The minimum absolute atomic E-state index is 0.0328. The number of esters is 1. The summed E-state index contributed by atoms with van der Waals surface area (Å²) in [5.74, 6) is 0.478. The molecule has 1 aromatic rings. The number of methoxy groups -OCH3 is 2. The van der Waals surface area contributed by atoms with Gasteiger partial charge in [0.05, 0.1) is 14.2 Å². The van der Waals surface area contributed by atoms with Gasteiger partial charge >= 0.3 is 5.97 Å². The number of hydrogen-bond acceptors (Lipinski definition) is 5. The van der Waals surface area contributed by atoms with Gasteiger partial charge < -0.3 is 19.3 Å². The second-order valence-corrected chi connectivity index (χ2v) is 6.94. The normalized spacial score (nSPS) is 11.0. The summed E-state index contributed by atoms with van der Waals surface area (Å²) in [6, 6.07) is 3.39. The molecule has 0 amide bonds. The zero-order chi connectivity index (χ0) is 20.6. The van der Waals surface area contributed by atoms with Gasteiger partial charge in [0.15, 0.2) is 11.5 Å². The van der Waals surface area contributed by atoms with E-state index < -0.39 is 0 Å². The predicted octanol–water partition coefficient (Wildman–Crippen LogP) is 5.89. The summed E-state index contributed by atoms with van der Waals surface area (Å²) in [7, 11) is 2.96. The van der Waals surface area contributed by atoms with E-state index in [0.717, 1.165) is 18.4 Å². The first kappa shape index (κ1) is 23.9. The Morgan fingerprint density at radius 1 is 0.929 bits per heavy atom. The van der Waals surface area contributed by atoms with Gasteiger partial charge in [0.2, 0.25) is 5.75 Å². The molecule has 0 radical (unpaired) electrons. The first-order valence-corrected chi connectivity index (χ1v) is 10.4. The highest BCUT2D eigenvalue weighted by atomic mass is 16.5. The second-order valence-electron chi connectivity index (χ2n) is 6.94. The Kier molecular flexibility index (Phi) is 12.6. The van der Waals surface area contributed by atoms with E-state index >= 15 is 0 Å². The molecule has 0 atom stereocenters. The molecule has 158 valence electrons. The van der Waals surface area contributed by atoms with Crippen molar-refractivity contribution >= 4 is 12.0 Å². The Morgan fingerprint density at radius 2 is 1.46 bits per heavy atom. The van der Waals surface area contributed by atoms with Crippen molar-refractivity contribution in [3.05, 3.63) is 23.8 Å². The highest BCUT2D eigenvalue weighted by Gasteiger charge is 2.09. The maximum Gasteiger partial charge on any atom is 0.306 e. The van der Waals surface area contributed by atoms with Gasteiger partial charge in [0, 0.05) is 6.42 Å². The van der Waals surface area contributed by atoms with E-state index in [4.69, 9.17) is 14.2 Å². The average Bonchev–Trinajstić information content (AvgIpc) is 2.70. The molecule has 0 fully saturated rings. The van der Waals surface area contributed by atoms with E-state index in [1.807, 2.05) is 0 Å². The van der Waals surface area contributed by atoms with Crippen molar-refractivity contribution in [1.82, 2.24) is 0 Å². The molecule has 0 bridgehead atoms. The summed E-state index contributed by atoms with van der Waals surface area (Å²) in [4.78, 5) is 11.8. The van der Waals surface area contributed by atoms with E-state index in [1.165, 1.54) is 59.2 Å². The molecule has 0 aliphatic rings. The van der Waals surface area contributed by atoms with Crippen LogP contribution >= 0.6 is 0 Å². The molecule has 0 aliphatic heterocycles. The first-order valence-electron chi connectivity index (χ1n) is 10.4. The van der Waals surface area contributed by atoms with Gasteiger partial charge in [-0.2, -0.15) is 0 Å². The van der Waals surface area contributed by atoms with Crippen molar-refractivity contribution in [3.8, 4) is 17.2 Å². The highest BCUT2D eigenvalue weighted by Crippen LogP contribution is 2.37. The van der Waals surface area contributed by atoms with Gasteiger partial charge in [-0.1, -0.05) is 64.4 Å². The van der Waals surface area contributed by atoms with Crippen LogP contribution in [0.3, 0.4) is 0 Å². The number of phenolic OH excluding ortho intramolecular Hbond substituents is 1. The summed E-state index contributed by atoms with van der Waals surface area (Å²) in [6.45, 7) is 2.46. The van der Waals surface area contributed by atoms with E-state index in [0.29, 0.717) is 17.9 Å². The maximum absolute atomic E-state index is 11.8. The Hall–Kier alpha value is -2.17.